The summed E-state index contributed by atoms with van der Waals surface area (Å²) in [4.78, 5) is 0. The monoisotopic (exact) mass is 374 g/mol. The van der Waals surface area contributed by atoms with E-state index < -0.39 is 0 Å². The molecule has 6 heteroatoms. The van der Waals surface area contributed by atoms with Crippen LogP contribution in [0.3, 0.4) is 0 Å². The SMILES string of the molecule is N#Cc1ccc(NCc2ccccc2F)c(C#N)c1NCc1ccccc1F. The first kappa shape index (κ1) is 18.9. The predicted molar refractivity (Wildman–Crippen MR) is 103 cm³/mol. The lowest BCUT2D eigenvalue weighted by Gasteiger charge is -2.15. The van der Waals surface area contributed by atoms with Crippen molar-refractivity contribution in [3.63, 3.8) is 0 Å². The van der Waals surface area contributed by atoms with Gasteiger partial charge < -0.3 is 10.6 Å². The number of hydrogen-bond donors (Lipinski definition) is 2. The lowest BCUT2D eigenvalue weighted by molar-refractivity contribution is 0.613. The minimum absolute atomic E-state index is 0.118. The molecule has 3 rings (SSSR count). The molecule has 0 saturated carbocycles. The van der Waals surface area contributed by atoms with Crippen LogP contribution in [0.15, 0.2) is 60.7 Å². The first-order chi connectivity index (χ1) is 13.6. The van der Waals surface area contributed by atoms with Gasteiger partial charge in [0.05, 0.1) is 22.5 Å². The van der Waals surface area contributed by atoms with Crippen LogP contribution in [0.4, 0.5) is 20.2 Å². The average molecular weight is 374 g/mol. The minimum atomic E-state index is -0.374. The maximum atomic E-state index is 13.9. The van der Waals surface area contributed by atoms with Crippen molar-refractivity contribution in [2.75, 3.05) is 10.6 Å². The number of benzene rings is 3. The summed E-state index contributed by atoms with van der Waals surface area (Å²) in [5.41, 5.74) is 2.13. The second-order valence-corrected chi connectivity index (χ2v) is 6.02. The van der Waals surface area contributed by atoms with Crippen LogP contribution in [0.5, 0.6) is 0 Å². The molecule has 0 aliphatic rings. The third kappa shape index (κ3) is 4.08. The van der Waals surface area contributed by atoms with Crippen molar-refractivity contribution in [3.05, 3.63) is 94.6 Å². The molecule has 0 heterocycles. The van der Waals surface area contributed by atoms with E-state index in [1.54, 1.807) is 48.5 Å². The van der Waals surface area contributed by atoms with Crippen molar-refractivity contribution in [1.82, 2.24) is 0 Å². The van der Waals surface area contributed by atoms with Crippen LogP contribution < -0.4 is 10.6 Å². The topological polar surface area (TPSA) is 71.6 Å². The van der Waals surface area contributed by atoms with Gasteiger partial charge in [-0.3, -0.25) is 0 Å². The summed E-state index contributed by atoms with van der Waals surface area (Å²) in [6.07, 6.45) is 0. The zero-order valence-electron chi connectivity index (χ0n) is 14.8. The lowest BCUT2D eigenvalue weighted by Crippen LogP contribution is -2.08. The zero-order chi connectivity index (χ0) is 19.9. The van der Waals surface area contributed by atoms with E-state index >= 15 is 0 Å². The van der Waals surface area contributed by atoms with Crippen molar-refractivity contribution in [2.45, 2.75) is 13.1 Å². The quantitative estimate of drug-likeness (QED) is 0.642. The van der Waals surface area contributed by atoms with Gasteiger partial charge in [0.1, 0.15) is 23.8 Å². The zero-order valence-corrected chi connectivity index (χ0v) is 14.8. The van der Waals surface area contributed by atoms with Gasteiger partial charge in [-0.1, -0.05) is 36.4 Å². The molecule has 0 bridgehead atoms. The molecule has 3 aromatic carbocycles. The molecular formula is C22H16F2N4. The molecule has 0 saturated heterocycles. The van der Waals surface area contributed by atoms with Gasteiger partial charge in [-0.15, -0.1) is 0 Å². The molecule has 0 radical (unpaired) electrons. The van der Waals surface area contributed by atoms with Crippen LogP contribution in [0.2, 0.25) is 0 Å². The Labute approximate surface area is 161 Å². The molecule has 0 unspecified atom stereocenters. The fourth-order valence-electron chi connectivity index (χ4n) is 2.80. The molecular weight excluding hydrogens is 358 g/mol. The summed E-state index contributed by atoms with van der Waals surface area (Å²) in [5.74, 6) is -0.721. The Morgan fingerprint density at radius 3 is 1.82 bits per heavy atom. The highest BCUT2D eigenvalue weighted by molar-refractivity contribution is 5.76. The van der Waals surface area contributed by atoms with Gasteiger partial charge in [-0.05, 0) is 24.3 Å². The summed E-state index contributed by atoms with van der Waals surface area (Å²) in [6, 6.07) is 19.9. The summed E-state index contributed by atoms with van der Waals surface area (Å²) >= 11 is 0. The summed E-state index contributed by atoms with van der Waals surface area (Å²) in [5, 5.41) is 25.0. The van der Waals surface area contributed by atoms with Crippen molar-refractivity contribution in [2.24, 2.45) is 0 Å². The Balaban J connectivity index is 1.88. The number of hydrogen-bond acceptors (Lipinski definition) is 4. The lowest BCUT2D eigenvalue weighted by atomic mass is 10.0. The molecule has 0 amide bonds. The third-order valence-corrected chi connectivity index (χ3v) is 4.28. The molecule has 0 fully saturated rings. The highest BCUT2D eigenvalue weighted by Gasteiger charge is 2.14. The Kier molecular flexibility index (Phi) is 5.84. The van der Waals surface area contributed by atoms with E-state index in [0.29, 0.717) is 22.5 Å². The van der Waals surface area contributed by atoms with E-state index in [0.717, 1.165) is 0 Å². The first-order valence-corrected chi connectivity index (χ1v) is 8.55. The van der Waals surface area contributed by atoms with Crippen molar-refractivity contribution in [3.8, 4) is 12.1 Å². The highest BCUT2D eigenvalue weighted by Crippen LogP contribution is 2.29. The number of nitrogens with one attached hydrogen (secondary N) is 2. The smallest absolute Gasteiger partial charge is 0.128 e. The standard InChI is InChI=1S/C22H16F2N4/c23-19-7-3-1-5-16(19)13-27-21-10-9-15(11-25)22(18(21)12-26)28-14-17-6-2-4-8-20(17)24/h1-10,27-28H,13-14H2. The fourth-order valence-corrected chi connectivity index (χ4v) is 2.80. The fraction of sp³-hybridized carbons (Fsp3) is 0.0909. The maximum Gasteiger partial charge on any atom is 0.128 e. The van der Waals surface area contributed by atoms with Crippen LogP contribution in [0, 0.1) is 34.3 Å². The van der Waals surface area contributed by atoms with Crippen LogP contribution >= 0.6 is 0 Å². The van der Waals surface area contributed by atoms with Crippen molar-refractivity contribution >= 4 is 11.4 Å². The van der Waals surface area contributed by atoms with Gasteiger partial charge in [-0.2, -0.15) is 10.5 Å². The normalized spacial score (nSPS) is 10.0. The van der Waals surface area contributed by atoms with Gasteiger partial charge in [0, 0.05) is 24.2 Å². The van der Waals surface area contributed by atoms with Crippen molar-refractivity contribution in [1.29, 1.82) is 10.5 Å². The summed E-state index contributed by atoms with van der Waals surface area (Å²) in [6.45, 7) is 0.298. The van der Waals surface area contributed by atoms with E-state index in [1.807, 2.05) is 6.07 Å². The number of nitrogens with zero attached hydrogens (tertiary/aromatic N) is 2. The average Bonchev–Trinajstić information content (AvgIpc) is 2.72. The molecule has 2 N–H and O–H groups in total. The van der Waals surface area contributed by atoms with Gasteiger partial charge in [0.2, 0.25) is 0 Å². The third-order valence-electron chi connectivity index (χ3n) is 4.28. The van der Waals surface area contributed by atoms with Gasteiger partial charge in [0.25, 0.3) is 0 Å². The van der Waals surface area contributed by atoms with Crippen LogP contribution in [0.25, 0.3) is 0 Å². The number of halogens is 2. The van der Waals surface area contributed by atoms with E-state index in [-0.39, 0.29) is 35.9 Å². The number of anilines is 2. The van der Waals surface area contributed by atoms with Crippen LogP contribution in [-0.4, -0.2) is 0 Å². The molecule has 0 spiro atoms. The van der Waals surface area contributed by atoms with Gasteiger partial charge >= 0.3 is 0 Å². The summed E-state index contributed by atoms with van der Waals surface area (Å²) in [7, 11) is 0. The molecule has 0 atom stereocenters. The summed E-state index contributed by atoms with van der Waals surface area (Å²) < 4.78 is 27.7. The molecule has 4 nitrogen and oxygen atoms in total. The maximum absolute atomic E-state index is 13.9. The molecule has 138 valence electrons. The van der Waals surface area contributed by atoms with E-state index in [1.165, 1.54) is 12.1 Å². The molecule has 0 aromatic heterocycles. The Morgan fingerprint density at radius 2 is 1.29 bits per heavy atom. The van der Waals surface area contributed by atoms with Crippen molar-refractivity contribution < 1.29 is 8.78 Å². The first-order valence-electron chi connectivity index (χ1n) is 8.55. The molecule has 0 aliphatic heterocycles. The van der Waals surface area contributed by atoms with Crippen LogP contribution in [-0.2, 0) is 13.1 Å². The highest BCUT2D eigenvalue weighted by atomic mass is 19.1. The molecule has 0 aliphatic carbocycles. The molecule has 28 heavy (non-hydrogen) atoms. The minimum Gasteiger partial charge on any atom is -0.380 e. The van der Waals surface area contributed by atoms with E-state index in [4.69, 9.17) is 0 Å². The van der Waals surface area contributed by atoms with Crippen LogP contribution in [0.1, 0.15) is 22.3 Å². The van der Waals surface area contributed by atoms with E-state index in [9.17, 15) is 19.3 Å². The largest absolute Gasteiger partial charge is 0.380 e. The predicted octanol–water partition coefficient (Wildman–Crippen LogP) is 4.93. The van der Waals surface area contributed by atoms with E-state index in [2.05, 4.69) is 16.7 Å². The molecule has 3 aromatic rings. The Hall–Kier alpha value is -3.90. The Morgan fingerprint density at radius 1 is 0.714 bits per heavy atom. The second-order valence-electron chi connectivity index (χ2n) is 6.02. The van der Waals surface area contributed by atoms with Gasteiger partial charge in [-0.25, -0.2) is 8.78 Å². The second kappa shape index (κ2) is 8.66. The number of rotatable bonds is 6. The Bertz CT molecular complexity index is 1080. The van der Waals surface area contributed by atoms with Gasteiger partial charge in [0.15, 0.2) is 0 Å². The number of nitriles is 2.